The SMILES string of the molecule is NC1(c2ccccc2Cl)CC(F)(F)C1. The van der Waals surface area contributed by atoms with E-state index in [4.69, 9.17) is 17.3 Å². The molecule has 0 spiro atoms. The van der Waals surface area contributed by atoms with Crippen LogP contribution in [0.4, 0.5) is 8.78 Å². The van der Waals surface area contributed by atoms with Crippen molar-refractivity contribution in [2.45, 2.75) is 24.3 Å². The van der Waals surface area contributed by atoms with E-state index < -0.39 is 11.5 Å². The molecule has 1 fully saturated rings. The molecule has 0 aliphatic heterocycles. The second kappa shape index (κ2) is 2.91. The van der Waals surface area contributed by atoms with Gasteiger partial charge in [-0.15, -0.1) is 0 Å². The van der Waals surface area contributed by atoms with Crippen LogP contribution in [0.25, 0.3) is 0 Å². The van der Waals surface area contributed by atoms with Crippen LogP contribution < -0.4 is 5.73 Å². The van der Waals surface area contributed by atoms with E-state index in [1.54, 1.807) is 24.3 Å². The maximum absolute atomic E-state index is 12.7. The Kier molecular flexibility index (Phi) is 2.05. The lowest BCUT2D eigenvalue weighted by Crippen LogP contribution is -2.55. The van der Waals surface area contributed by atoms with Crippen molar-refractivity contribution < 1.29 is 8.78 Å². The molecule has 1 aliphatic carbocycles. The normalized spacial score (nSPS) is 22.9. The molecular weight excluding hydrogens is 208 g/mol. The first-order valence-electron chi connectivity index (χ1n) is 4.35. The van der Waals surface area contributed by atoms with Gasteiger partial charge in [0.25, 0.3) is 5.92 Å². The summed E-state index contributed by atoms with van der Waals surface area (Å²) < 4.78 is 25.5. The van der Waals surface area contributed by atoms with Gasteiger partial charge in [-0.25, -0.2) is 8.78 Å². The number of hydrogen-bond acceptors (Lipinski definition) is 1. The van der Waals surface area contributed by atoms with Crippen LogP contribution in [0.15, 0.2) is 24.3 Å². The molecular formula is C10H10ClF2N. The highest BCUT2D eigenvalue weighted by Crippen LogP contribution is 2.51. The van der Waals surface area contributed by atoms with Crippen LogP contribution in [0.3, 0.4) is 0 Å². The van der Waals surface area contributed by atoms with Gasteiger partial charge in [-0.3, -0.25) is 0 Å². The third-order valence-electron chi connectivity index (χ3n) is 2.56. The van der Waals surface area contributed by atoms with Crippen molar-refractivity contribution in [1.29, 1.82) is 0 Å². The van der Waals surface area contributed by atoms with Gasteiger partial charge in [-0.2, -0.15) is 0 Å². The van der Waals surface area contributed by atoms with Crippen LogP contribution in [0.5, 0.6) is 0 Å². The van der Waals surface area contributed by atoms with Crippen molar-refractivity contribution in [2.75, 3.05) is 0 Å². The van der Waals surface area contributed by atoms with Crippen LogP contribution >= 0.6 is 11.6 Å². The lowest BCUT2D eigenvalue weighted by Gasteiger charge is -2.45. The van der Waals surface area contributed by atoms with Gasteiger partial charge in [-0.1, -0.05) is 29.8 Å². The summed E-state index contributed by atoms with van der Waals surface area (Å²) in [6, 6.07) is 6.89. The number of rotatable bonds is 1. The fourth-order valence-corrected chi connectivity index (χ4v) is 2.25. The summed E-state index contributed by atoms with van der Waals surface area (Å²) in [5, 5.41) is 0.463. The molecule has 1 aromatic rings. The molecule has 0 bridgehead atoms. The van der Waals surface area contributed by atoms with E-state index in [1.165, 1.54) is 0 Å². The summed E-state index contributed by atoms with van der Waals surface area (Å²) in [5.74, 6) is -2.63. The second-order valence-electron chi connectivity index (χ2n) is 3.85. The number of benzene rings is 1. The first kappa shape index (κ1) is 9.87. The van der Waals surface area contributed by atoms with Gasteiger partial charge in [0.1, 0.15) is 0 Å². The predicted octanol–water partition coefficient (Wildman–Crippen LogP) is 2.92. The molecule has 0 amide bonds. The Morgan fingerprint density at radius 2 is 1.79 bits per heavy atom. The van der Waals surface area contributed by atoms with Crippen LogP contribution in [-0.2, 0) is 5.54 Å². The zero-order valence-electron chi connectivity index (χ0n) is 7.43. The molecule has 1 nitrogen and oxygen atoms in total. The van der Waals surface area contributed by atoms with Gasteiger partial charge < -0.3 is 5.73 Å². The third-order valence-corrected chi connectivity index (χ3v) is 2.89. The summed E-state index contributed by atoms with van der Waals surface area (Å²) in [7, 11) is 0. The van der Waals surface area contributed by atoms with Crippen molar-refractivity contribution >= 4 is 11.6 Å². The van der Waals surface area contributed by atoms with Crippen molar-refractivity contribution in [3.05, 3.63) is 34.9 Å². The Bertz CT molecular complexity index is 357. The summed E-state index contributed by atoms with van der Waals surface area (Å²) >= 11 is 5.89. The molecule has 1 aliphatic rings. The average molecular weight is 218 g/mol. The van der Waals surface area contributed by atoms with E-state index in [1.807, 2.05) is 0 Å². The highest BCUT2D eigenvalue weighted by molar-refractivity contribution is 6.31. The van der Waals surface area contributed by atoms with E-state index in [-0.39, 0.29) is 12.8 Å². The van der Waals surface area contributed by atoms with Crippen molar-refractivity contribution in [3.63, 3.8) is 0 Å². The minimum Gasteiger partial charge on any atom is -0.321 e. The lowest BCUT2D eigenvalue weighted by atomic mass is 9.70. The second-order valence-corrected chi connectivity index (χ2v) is 4.25. The van der Waals surface area contributed by atoms with Crippen molar-refractivity contribution in [1.82, 2.24) is 0 Å². The van der Waals surface area contributed by atoms with Crippen LogP contribution in [0.2, 0.25) is 5.02 Å². The first-order chi connectivity index (χ1) is 6.43. The fourth-order valence-electron chi connectivity index (χ4n) is 1.93. The Morgan fingerprint density at radius 1 is 1.21 bits per heavy atom. The topological polar surface area (TPSA) is 26.0 Å². The first-order valence-corrected chi connectivity index (χ1v) is 4.73. The highest BCUT2D eigenvalue weighted by atomic mass is 35.5. The summed E-state index contributed by atoms with van der Waals surface area (Å²) in [6.45, 7) is 0. The van der Waals surface area contributed by atoms with Gasteiger partial charge in [-0.05, 0) is 11.6 Å². The number of halogens is 3. The molecule has 0 saturated heterocycles. The molecule has 0 radical (unpaired) electrons. The van der Waals surface area contributed by atoms with E-state index in [0.717, 1.165) is 0 Å². The molecule has 0 heterocycles. The van der Waals surface area contributed by atoms with Gasteiger partial charge in [0.2, 0.25) is 0 Å². The van der Waals surface area contributed by atoms with Gasteiger partial charge >= 0.3 is 0 Å². The van der Waals surface area contributed by atoms with E-state index >= 15 is 0 Å². The minimum atomic E-state index is -2.63. The van der Waals surface area contributed by atoms with Crippen molar-refractivity contribution in [3.8, 4) is 0 Å². The molecule has 2 rings (SSSR count). The molecule has 14 heavy (non-hydrogen) atoms. The number of alkyl halides is 2. The molecule has 0 aromatic heterocycles. The van der Waals surface area contributed by atoms with Crippen LogP contribution in [0, 0.1) is 0 Å². The molecule has 0 unspecified atom stereocenters. The summed E-state index contributed by atoms with van der Waals surface area (Å²) in [6.07, 6.45) is -0.631. The maximum Gasteiger partial charge on any atom is 0.252 e. The van der Waals surface area contributed by atoms with Crippen molar-refractivity contribution in [2.24, 2.45) is 5.73 Å². The van der Waals surface area contributed by atoms with Gasteiger partial charge in [0.05, 0.1) is 5.54 Å². The number of hydrogen-bond donors (Lipinski definition) is 1. The Labute approximate surface area is 85.9 Å². The Hall–Kier alpha value is -0.670. The zero-order chi connectivity index (χ0) is 10.4. The molecule has 76 valence electrons. The molecule has 4 heteroatoms. The maximum atomic E-state index is 12.7. The van der Waals surface area contributed by atoms with E-state index in [9.17, 15) is 8.78 Å². The zero-order valence-corrected chi connectivity index (χ0v) is 8.19. The van der Waals surface area contributed by atoms with Crippen LogP contribution in [0.1, 0.15) is 18.4 Å². The lowest BCUT2D eigenvalue weighted by molar-refractivity contribution is -0.125. The largest absolute Gasteiger partial charge is 0.321 e. The predicted molar refractivity (Wildman–Crippen MR) is 51.5 cm³/mol. The molecule has 2 N–H and O–H groups in total. The molecule has 0 atom stereocenters. The standard InChI is InChI=1S/C10H10ClF2N/c11-8-4-2-1-3-7(8)9(14)5-10(12,13)6-9/h1-4H,5-6,14H2. The van der Waals surface area contributed by atoms with Crippen LogP contribution in [-0.4, -0.2) is 5.92 Å². The van der Waals surface area contributed by atoms with Gasteiger partial charge in [0, 0.05) is 17.9 Å². The Morgan fingerprint density at radius 3 is 2.29 bits per heavy atom. The smallest absolute Gasteiger partial charge is 0.252 e. The molecule has 1 aromatic carbocycles. The minimum absolute atomic E-state index is 0.316. The summed E-state index contributed by atoms with van der Waals surface area (Å²) in [4.78, 5) is 0. The third kappa shape index (κ3) is 1.51. The quantitative estimate of drug-likeness (QED) is 0.769. The monoisotopic (exact) mass is 217 g/mol. The van der Waals surface area contributed by atoms with Gasteiger partial charge in [0.15, 0.2) is 0 Å². The fraction of sp³-hybridized carbons (Fsp3) is 0.400. The number of nitrogens with two attached hydrogens (primary N) is 1. The van der Waals surface area contributed by atoms with E-state index in [2.05, 4.69) is 0 Å². The Balaban J connectivity index is 2.30. The summed E-state index contributed by atoms with van der Waals surface area (Å²) in [5.41, 5.74) is 5.51. The molecule has 1 saturated carbocycles. The van der Waals surface area contributed by atoms with E-state index in [0.29, 0.717) is 10.6 Å². The highest BCUT2D eigenvalue weighted by Gasteiger charge is 2.55. The average Bonchev–Trinajstić information content (AvgIpc) is 2.00.